The van der Waals surface area contributed by atoms with Crippen molar-refractivity contribution >= 4 is 11.8 Å². The first-order valence-corrected chi connectivity index (χ1v) is 6.25. The first kappa shape index (κ1) is 12.3. The molecule has 1 rings (SSSR count). The molecule has 0 heterocycles. The lowest BCUT2D eigenvalue weighted by molar-refractivity contribution is 0.451. The lowest BCUT2D eigenvalue weighted by Gasteiger charge is -2.24. The molecule has 0 bridgehead atoms. The van der Waals surface area contributed by atoms with E-state index >= 15 is 0 Å². The van der Waals surface area contributed by atoms with Gasteiger partial charge in [0.25, 0.3) is 0 Å². The predicted octanol–water partition coefficient (Wildman–Crippen LogP) is 3.04. The first-order valence-electron chi connectivity index (χ1n) is 5.20. The van der Waals surface area contributed by atoms with Gasteiger partial charge in [0.1, 0.15) is 0 Å². The monoisotopic (exact) mass is 189 g/mol. The molecule has 0 atom stereocenters. The van der Waals surface area contributed by atoms with Crippen molar-refractivity contribution < 1.29 is 0 Å². The Kier molecular flexibility index (Phi) is 8.14. The number of nitrogens with two attached hydrogens (primary N) is 1. The van der Waals surface area contributed by atoms with Crippen LogP contribution in [0.15, 0.2) is 0 Å². The summed E-state index contributed by atoms with van der Waals surface area (Å²) in [6, 6.07) is 0.508. The van der Waals surface area contributed by atoms with E-state index in [4.69, 9.17) is 5.73 Å². The van der Waals surface area contributed by atoms with Crippen molar-refractivity contribution in [1.82, 2.24) is 0 Å². The molecule has 0 aromatic heterocycles. The van der Waals surface area contributed by atoms with Crippen molar-refractivity contribution in [1.29, 1.82) is 0 Å². The van der Waals surface area contributed by atoms with E-state index in [0.29, 0.717) is 6.04 Å². The predicted molar refractivity (Wildman–Crippen MR) is 59.7 cm³/mol. The summed E-state index contributed by atoms with van der Waals surface area (Å²) >= 11 is 2.10. The van der Waals surface area contributed by atoms with Crippen LogP contribution in [0.2, 0.25) is 0 Å². The first-order chi connectivity index (χ1) is 5.83. The molecular formula is C10H23NS. The molecular weight excluding hydrogens is 166 g/mol. The molecule has 0 spiro atoms. The molecule has 1 saturated carbocycles. The standard InChI is InChI=1S/C8H17NS.C2H6/c1-2-10-8-5-3-7(9)4-6-8;1-2/h7-8H,2-6,9H2,1H3;1-2H3. The minimum absolute atomic E-state index is 0.508. The summed E-state index contributed by atoms with van der Waals surface area (Å²) in [5, 5.41) is 0.921. The molecule has 2 N–H and O–H groups in total. The summed E-state index contributed by atoms with van der Waals surface area (Å²) in [7, 11) is 0. The molecule has 0 radical (unpaired) electrons. The maximum Gasteiger partial charge on any atom is 0.00481 e. The SMILES string of the molecule is CC.CCSC1CCC(N)CC1. The van der Waals surface area contributed by atoms with Crippen LogP contribution in [0.25, 0.3) is 0 Å². The van der Waals surface area contributed by atoms with Gasteiger partial charge >= 0.3 is 0 Å². The van der Waals surface area contributed by atoms with Crippen molar-refractivity contribution in [3.05, 3.63) is 0 Å². The zero-order chi connectivity index (χ0) is 9.40. The maximum absolute atomic E-state index is 5.78. The molecule has 0 aromatic carbocycles. The summed E-state index contributed by atoms with van der Waals surface area (Å²) in [5.74, 6) is 1.26. The molecule has 0 aromatic rings. The van der Waals surface area contributed by atoms with E-state index < -0.39 is 0 Å². The van der Waals surface area contributed by atoms with Crippen LogP contribution in [0.5, 0.6) is 0 Å². The molecule has 0 amide bonds. The molecule has 1 nitrogen and oxygen atoms in total. The van der Waals surface area contributed by atoms with Crippen LogP contribution in [0.3, 0.4) is 0 Å². The van der Waals surface area contributed by atoms with E-state index in [-0.39, 0.29) is 0 Å². The largest absolute Gasteiger partial charge is 0.328 e. The topological polar surface area (TPSA) is 26.0 Å². The number of thioether (sulfide) groups is 1. The van der Waals surface area contributed by atoms with Crippen LogP contribution in [0.4, 0.5) is 0 Å². The van der Waals surface area contributed by atoms with Crippen molar-refractivity contribution in [2.24, 2.45) is 5.73 Å². The van der Waals surface area contributed by atoms with Crippen LogP contribution in [0, 0.1) is 0 Å². The van der Waals surface area contributed by atoms with Crippen LogP contribution in [0.1, 0.15) is 46.5 Å². The Labute approximate surface area is 81.5 Å². The third-order valence-corrected chi connectivity index (χ3v) is 3.40. The van der Waals surface area contributed by atoms with Crippen molar-refractivity contribution in [3.63, 3.8) is 0 Å². The van der Waals surface area contributed by atoms with E-state index in [9.17, 15) is 0 Å². The van der Waals surface area contributed by atoms with E-state index in [0.717, 1.165) is 5.25 Å². The molecule has 1 aliphatic rings. The summed E-state index contributed by atoms with van der Waals surface area (Å²) in [6.45, 7) is 6.24. The Hall–Kier alpha value is 0.310. The average molecular weight is 189 g/mol. The molecule has 0 saturated heterocycles. The van der Waals surface area contributed by atoms with Crippen molar-refractivity contribution in [2.75, 3.05) is 5.75 Å². The van der Waals surface area contributed by atoms with E-state index in [1.165, 1.54) is 31.4 Å². The van der Waals surface area contributed by atoms with Gasteiger partial charge in [-0.2, -0.15) is 11.8 Å². The van der Waals surface area contributed by atoms with Gasteiger partial charge < -0.3 is 5.73 Å². The second kappa shape index (κ2) is 7.93. The van der Waals surface area contributed by atoms with Gasteiger partial charge in [-0.15, -0.1) is 0 Å². The van der Waals surface area contributed by atoms with Crippen LogP contribution in [-0.2, 0) is 0 Å². The fourth-order valence-electron chi connectivity index (χ4n) is 1.49. The minimum atomic E-state index is 0.508. The highest BCUT2D eigenvalue weighted by atomic mass is 32.2. The number of rotatable bonds is 2. The highest BCUT2D eigenvalue weighted by molar-refractivity contribution is 7.99. The maximum atomic E-state index is 5.78. The lowest BCUT2D eigenvalue weighted by atomic mass is 9.96. The molecule has 12 heavy (non-hydrogen) atoms. The van der Waals surface area contributed by atoms with Gasteiger partial charge in [-0.05, 0) is 31.4 Å². The van der Waals surface area contributed by atoms with Gasteiger partial charge in [-0.3, -0.25) is 0 Å². The van der Waals surface area contributed by atoms with Crippen LogP contribution >= 0.6 is 11.8 Å². The fourth-order valence-corrected chi connectivity index (χ4v) is 2.57. The highest BCUT2D eigenvalue weighted by Crippen LogP contribution is 2.27. The third kappa shape index (κ3) is 5.04. The van der Waals surface area contributed by atoms with Crippen LogP contribution in [-0.4, -0.2) is 17.0 Å². The molecule has 0 unspecified atom stereocenters. The second-order valence-electron chi connectivity index (χ2n) is 2.99. The summed E-state index contributed by atoms with van der Waals surface area (Å²) < 4.78 is 0. The Morgan fingerprint density at radius 1 is 1.17 bits per heavy atom. The summed E-state index contributed by atoms with van der Waals surface area (Å²) in [5.41, 5.74) is 5.78. The quantitative estimate of drug-likeness (QED) is 0.722. The molecule has 1 aliphatic carbocycles. The smallest absolute Gasteiger partial charge is 0.00481 e. The minimum Gasteiger partial charge on any atom is -0.328 e. The zero-order valence-corrected chi connectivity index (χ0v) is 9.49. The third-order valence-electron chi connectivity index (χ3n) is 2.12. The fraction of sp³-hybridized carbons (Fsp3) is 1.00. The molecule has 74 valence electrons. The second-order valence-corrected chi connectivity index (χ2v) is 4.57. The Bertz CT molecular complexity index is 87.8. The van der Waals surface area contributed by atoms with Crippen molar-refractivity contribution in [3.8, 4) is 0 Å². The normalized spacial score (nSPS) is 29.0. The van der Waals surface area contributed by atoms with Crippen molar-refractivity contribution in [2.45, 2.75) is 57.7 Å². The summed E-state index contributed by atoms with van der Waals surface area (Å²) in [4.78, 5) is 0. The van der Waals surface area contributed by atoms with Gasteiger partial charge in [0.2, 0.25) is 0 Å². The molecule has 1 fully saturated rings. The zero-order valence-electron chi connectivity index (χ0n) is 8.68. The van der Waals surface area contributed by atoms with Gasteiger partial charge in [0.15, 0.2) is 0 Å². The Balaban J connectivity index is 0.000000561. The van der Waals surface area contributed by atoms with Crippen LogP contribution < -0.4 is 5.73 Å². The summed E-state index contributed by atoms with van der Waals surface area (Å²) in [6.07, 6.45) is 5.19. The molecule has 2 heteroatoms. The molecule has 0 aliphatic heterocycles. The van der Waals surface area contributed by atoms with Gasteiger partial charge in [0.05, 0.1) is 0 Å². The number of hydrogen-bond donors (Lipinski definition) is 1. The highest BCUT2D eigenvalue weighted by Gasteiger charge is 2.17. The van der Waals surface area contributed by atoms with Gasteiger partial charge in [-0.1, -0.05) is 20.8 Å². The lowest BCUT2D eigenvalue weighted by Crippen LogP contribution is -2.27. The number of hydrogen-bond acceptors (Lipinski definition) is 2. The van der Waals surface area contributed by atoms with E-state index in [1.54, 1.807) is 0 Å². The average Bonchev–Trinajstić information content (AvgIpc) is 2.13. The van der Waals surface area contributed by atoms with Gasteiger partial charge in [-0.25, -0.2) is 0 Å². The Morgan fingerprint density at radius 3 is 2.08 bits per heavy atom. The van der Waals surface area contributed by atoms with E-state index in [2.05, 4.69) is 18.7 Å². The van der Waals surface area contributed by atoms with Gasteiger partial charge in [0, 0.05) is 11.3 Å². The Morgan fingerprint density at radius 2 is 1.67 bits per heavy atom. The van der Waals surface area contributed by atoms with E-state index in [1.807, 2.05) is 13.8 Å².